The lowest BCUT2D eigenvalue weighted by atomic mass is 10.2. The summed E-state index contributed by atoms with van der Waals surface area (Å²) in [6.45, 7) is 0. The van der Waals surface area contributed by atoms with E-state index in [1.54, 1.807) is 0 Å². The first kappa shape index (κ1) is 8.96. The Balaban J connectivity index is 2.22. The topological polar surface area (TPSA) is 26.0 Å². The quantitative estimate of drug-likeness (QED) is 0.664. The van der Waals surface area contributed by atoms with Crippen molar-refractivity contribution in [1.82, 2.24) is 4.98 Å². The molecule has 1 aliphatic carbocycles. The van der Waals surface area contributed by atoms with E-state index in [1.807, 2.05) is 54.6 Å². The van der Waals surface area contributed by atoms with Gasteiger partial charge in [-0.25, -0.2) is 4.98 Å². The maximum Gasteiger partial charge on any atom is 0.227 e. The SMILES string of the molecule is C1=CC=c2nc(-c3ccccc3)oc2=CC=1. The number of nitrogens with zero attached hydrogens (tertiary/aromatic N) is 1. The Bertz CT molecular complexity index is 649. The zero-order chi connectivity index (χ0) is 10.8. The zero-order valence-corrected chi connectivity index (χ0v) is 8.55. The van der Waals surface area contributed by atoms with Gasteiger partial charge in [-0.2, -0.15) is 0 Å². The minimum absolute atomic E-state index is 0.654. The van der Waals surface area contributed by atoms with E-state index in [1.165, 1.54) is 0 Å². The van der Waals surface area contributed by atoms with Crippen molar-refractivity contribution in [1.29, 1.82) is 0 Å². The molecule has 0 unspecified atom stereocenters. The average molecular weight is 207 g/mol. The lowest BCUT2D eigenvalue weighted by molar-refractivity contribution is 0.540. The number of hydrogen-bond acceptors (Lipinski definition) is 2. The Hall–Kier alpha value is -2.31. The van der Waals surface area contributed by atoms with Gasteiger partial charge in [0.15, 0.2) is 5.42 Å². The van der Waals surface area contributed by atoms with Gasteiger partial charge in [0.05, 0.1) is 0 Å². The van der Waals surface area contributed by atoms with Crippen LogP contribution in [-0.4, -0.2) is 4.98 Å². The highest BCUT2D eigenvalue weighted by Gasteiger charge is 2.03. The average Bonchev–Trinajstić information content (AvgIpc) is 2.62. The first-order valence-electron chi connectivity index (χ1n) is 5.09. The summed E-state index contributed by atoms with van der Waals surface area (Å²) in [5, 5.41) is 0.847. The van der Waals surface area contributed by atoms with Crippen molar-refractivity contribution < 1.29 is 4.42 Å². The Morgan fingerprint density at radius 3 is 2.69 bits per heavy atom. The molecule has 0 N–H and O–H groups in total. The molecule has 0 aliphatic heterocycles. The molecule has 0 bridgehead atoms. The fraction of sp³-hybridized carbons (Fsp3) is 0. The Morgan fingerprint density at radius 2 is 1.81 bits per heavy atom. The molecule has 0 saturated heterocycles. The van der Waals surface area contributed by atoms with E-state index in [2.05, 4.69) is 10.7 Å². The summed E-state index contributed by atoms with van der Waals surface area (Å²) < 4.78 is 5.68. The summed E-state index contributed by atoms with van der Waals surface area (Å²) in [5.74, 6) is 0.654. The van der Waals surface area contributed by atoms with Crippen LogP contribution in [0.15, 0.2) is 52.6 Å². The molecule has 0 amide bonds. The van der Waals surface area contributed by atoms with Crippen molar-refractivity contribution >= 4 is 12.2 Å². The van der Waals surface area contributed by atoms with E-state index in [0.29, 0.717) is 5.89 Å². The van der Waals surface area contributed by atoms with E-state index in [0.717, 1.165) is 16.3 Å². The number of benzene rings is 1. The van der Waals surface area contributed by atoms with Crippen molar-refractivity contribution in [2.24, 2.45) is 0 Å². The molecular weight excluding hydrogens is 198 g/mol. The largest absolute Gasteiger partial charge is 0.436 e. The van der Waals surface area contributed by atoms with Crippen molar-refractivity contribution in [3.05, 3.63) is 59.0 Å². The van der Waals surface area contributed by atoms with Crippen molar-refractivity contribution in [2.75, 3.05) is 0 Å². The summed E-state index contributed by atoms with van der Waals surface area (Å²) >= 11 is 0. The van der Waals surface area contributed by atoms with Crippen LogP contribution in [0.4, 0.5) is 0 Å². The number of hydrogen-bond donors (Lipinski definition) is 0. The number of aromatic nitrogens is 1. The molecule has 2 nitrogen and oxygen atoms in total. The monoisotopic (exact) mass is 207 g/mol. The molecule has 0 spiro atoms. The van der Waals surface area contributed by atoms with Crippen LogP contribution in [0.2, 0.25) is 0 Å². The van der Waals surface area contributed by atoms with Crippen molar-refractivity contribution in [3.63, 3.8) is 0 Å². The molecule has 1 aromatic heterocycles. The molecular formula is C14H9NO. The zero-order valence-electron chi connectivity index (χ0n) is 8.55. The van der Waals surface area contributed by atoms with Crippen LogP contribution in [0.1, 0.15) is 0 Å². The fourth-order valence-electron chi connectivity index (χ4n) is 1.59. The number of allylic oxidation sites excluding steroid dienone is 1. The lowest BCUT2D eigenvalue weighted by Crippen LogP contribution is -2.20. The molecule has 0 saturated carbocycles. The second kappa shape index (κ2) is 3.69. The van der Waals surface area contributed by atoms with Crippen LogP contribution in [-0.2, 0) is 0 Å². The second-order valence-electron chi connectivity index (χ2n) is 3.47. The molecule has 2 heteroatoms. The van der Waals surface area contributed by atoms with Gasteiger partial charge in [-0.1, -0.05) is 18.2 Å². The van der Waals surface area contributed by atoms with E-state index in [-0.39, 0.29) is 0 Å². The third-order valence-corrected chi connectivity index (χ3v) is 2.37. The highest BCUT2D eigenvalue weighted by molar-refractivity contribution is 5.54. The van der Waals surface area contributed by atoms with Gasteiger partial charge >= 0.3 is 0 Å². The molecule has 1 aliphatic rings. The van der Waals surface area contributed by atoms with Crippen LogP contribution in [0.5, 0.6) is 0 Å². The summed E-state index contributed by atoms with van der Waals surface area (Å²) in [5.41, 5.74) is 4.75. The van der Waals surface area contributed by atoms with Gasteiger partial charge in [0.1, 0.15) is 5.35 Å². The predicted octanol–water partition coefficient (Wildman–Crippen LogP) is 1.63. The third kappa shape index (κ3) is 1.52. The Morgan fingerprint density at radius 1 is 1.00 bits per heavy atom. The van der Waals surface area contributed by atoms with Crippen molar-refractivity contribution in [2.45, 2.75) is 0 Å². The molecule has 0 radical (unpaired) electrons. The molecule has 2 aromatic rings. The predicted molar refractivity (Wildman–Crippen MR) is 62.8 cm³/mol. The maximum absolute atomic E-state index is 5.68. The van der Waals surface area contributed by atoms with Gasteiger partial charge in [0, 0.05) is 5.56 Å². The summed E-state index contributed by atoms with van der Waals surface area (Å²) in [6.07, 6.45) is 7.42. The molecule has 1 aromatic carbocycles. The van der Waals surface area contributed by atoms with Gasteiger partial charge in [-0.15, -0.1) is 5.73 Å². The maximum atomic E-state index is 5.68. The van der Waals surface area contributed by atoms with Gasteiger partial charge in [-0.3, -0.25) is 0 Å². The Labute approximate surface area is 92.6 Å². The van der Waals surface area contributed by atoms with Gasteiger partial charge in [0.25, 0.3) is 0 Å². The molecule has 16 heavy (non-hydrogen) atoms. The fourth-order valence-corrected chi connectivity index (χ4v) is 1.59. The highest BCUT2D eigenvalue weighted by Crippen LogP contribution is 2.12. The first-order chi connectivity index (χ1) is 7.93. The summed E-state index contributed by atoms with van der Waals surface area (Å²) in [6, 6.07) is 9.88. The van der Waals surface area contributed by atoms with Gasteiger partial charge < -0.3 is 4.42 Å². The molecule has 1 heterocycles. The van der Waals surface area contributed by atoms with Gasteiger partial charge in [-0.05, 0) is 36.4 Å². The van der Waals surface area contributed by atoms with Crippen LogP contribution in [0, 0.1) is 0 Å². The molecule has 0 atom stereocenters. The van der Waals surface area contributed by atoms with E-state index in [9.17, 15) is 0 Å². The first-order valence-corrected chi connectivity index (χ1v) is 5.09. The molecule has 76 valence electrons. The molecule has 3 rings (SSSR count). The van der Waals surface area contributed by atoms with E-state index >= 15 is 0 Å². The van der Waals surface area contributed by atoms with Crippen molar-refractivity contribution in [3.8, 4) is 11.5 Å². The van der Waals surface area contributed by atoms with E-state index in [4.69, 9.17) is 4.42 Å². The Kier molecular flexibility index (Phi) is 2.06. The second-order valence-corrected chi connectivity index (χ2v) is 3.47. The number of oxazole rings is 1. The van der Waals surface area contributed by atoms with Crippen LogP contribution in [0.25, 0.3) is 23.6 Å². The normalized spacial score (nSPS) is 12.5. The van der Waals surface area contributed by atoms with Crippen LogP contribution in [0.3, 0.4) is 0 Å². The smallest absolute Gasteiger partial charge is 0.227 e. The number of fused-ring (bicyclic) bond motifs is 1. The lowest BCUT2D eigenvalue weighted by Gasteiger charge is -1.91. The molecule has 0 fully saturated rings. The van der Waals surface area contributed by atoms with Crippen LogP contribution < -0.4 is 10.8 Å². The number of rotatable bonds is 1. The summed E-state index contributed by atoms with van der Waals surface area (Å²) in [4.78, 5) is 4.44. The van der Waals surface area contributed by atoms with Crippen LogP contribution >= 0.6 is 0 Å². The van der Waals surface area contributed by atoms with Gasteiger partial charge in [0.2, 0.25) is 5.89 Å². The standard InChI is InChI=1S/C14H9NO/c1-3-7-11(8-4-1)14-15-12-9-5-2-6-10-13(12)16-14/h1,3-10H. The summed E-state index contributed by atoms with van der Waals surface area (Å²) in [7, 11) is 0. The highest BCUT2D eigenvalue weighted by atomic mass is 16.3. The van der Waals surface area contributed by atoms with E-state index < -0.39 is 0 Å². The third-order valence-electron chi connectivity index (χ3n) is 2.37. The minimum Gasteiger partial charge on any atom is -0.436 e. The minimum atomic E-state index is 0.654.